The predicted octanol–water partition coefficient (Wildman–Crippen LogP) is 3.40. The molecule has 1 unspecified atom stereocenters. The monoisotopic (exact) mass is 479 g/mol. The average molecular weight is 480 g/mol. The van der Waals surface area contributed by atoms with E-state index in [9.17, 15) is 23.2 Å². The first-order valence-corrected chi connectivity index (χ1v) is 9.64. The van der Waals surface area contributed by atoms with E-state index in [1.165, 1.54) is 17.8 Å². The molecule has 2 aromatic carbocycles. The largest absolute Gasteiger partial charge is 0.452 e. The van der Waals surface area contributed by atoms with Crippen LogP contribution in [0.25, 0.3) is 10.9 Å². The Bertz CT molecular complexity index is 1160. The van der Waals surface area contributed by atoms with Gasteiger partial charge >= 0.3 is 5.97 Å². The number of aromatic nitrogens is 2. The van der Waals surface area contributed by atoms with Crippen molar-refractivity contribution in [3.8, 4) is 0 Å². The van der Waals surface area contributed by atoms with Gasteiger partial charge in [0.05, 0.1) is 23.7 Å². The lowest BCUT2D eigenvalue weighted by molar-refractivity contribution is -0.153. The normalized spacial score (nSPS) is 11.9. The maximum Gasteiger partial charge on any atom is 0.308 e. The molecule has 0 saturated heterocycles. The molecular formula is C20H16BrF2N3O4. The van der Waals surface area contributed by atoms with Crippen LogP contribution in [-0.4, -0.2) is 27.5 Å². The third kappa shape index (κ3) is 4.88. The molecule has 1 atom stereocenters. The first-order valence-electron chi connectivity index (χ1n) is 8.85. The number of para-hydroxylation sites is 1. The maximum absolute atomic E-state index is 13.6. The molecule has 0 aliphatic rings. The molecule has 0 spiro atoms. The topological polar surface area (TPSA) is 90.3 Å². The van der Waals surface area contributed by atoms with Crippen LogP contribution < -0.4 is 10.9 Å². The van der Waals surface area contributed by atoms with Crippen molar-refractivity contribution >= 4 is 44.4 Å². The van der Waals surface area contributed by atoms with E-state index in [-0.39, 0.29) is 18.5 Å². The molecule has 1 N–H and O–H groups in total. The molecule has 1 heterocycles. The number of nitrogens with one attached hydrogen (secondary N) is 1. The van der Waals surface area contributed by atoms with Crippen LogP contribution in [0.5, 0.6) is 0 Å². The minimum Gasteiger partial charge on any atom is -0.452 e. The highest BCUT2D eigenvalue weighted by Crippen LogP contribution is 2.18. The fourth-order valence-corrected chi connectivity index (χ4v) is 3.01. The average Bonchev–Trinajstić information content (AvgIpc) is 2.70. The van der Waals surface area contributed by atoms with E-state index in [1.807, 2.05) is 0 Å². The van der Waals surface area contributed by atoms with Gasteiger partial charge in [-0.15, -0.1) is 0 Å². The van der Waals surface area contributed by atoms with Crippen LogP contribution in [0.1, 0.15) is 13.3 Å². The van der Waals surface area contributed by atoms with E-state index < -0.39 is 35.3 Å². The molecule has 30 heavy (non-hydrogen) atoms. The molecule has 156 valence electrons. The summed E-state index contributed by atoms with van der Waals surface area (Å²) in [7, 11) is 0. The standard InChI is InChI=1S/C20H16BrF2N3O4/c1-11(19(28)25-18-14(22)3-2-4-15(18)23)30-17(27)7-8-26-10-24-16-6-5-12(21)9-13(16)20(26)29/h2-6,9-11H,7-8H2,1H3,(H,25,28). The van der Waals surface area contributed by atoms with Gasteiger partial charge in [0.2, 0.25) is 0 Å². The smallest absolute Gasteiger partial charge is 0.308 e. The molecular weight excluding hydrogens is 464 g/mol. The van der Waals surface area contributed by atoms with Crippen LogP contribution in [0.15, 0.2) is 52.0 Å². The van der Waals surface area contributed by atoms with Gasteiger partial charge in [0.15, 0.2) is 6.10 Å². The second-order valence-electron chi connectivity index (χ2n) is 6.37. The highest BCUT2D eigenvalue weighted by Gasteiger charge is 2.21. The maximum atomic E-state index is 13.6. The number of hydrogen-bond donors (Lipinski definition) is 1. The first kappa shape index (κ1) is 21.6. The number of esters is 1. The highest BCUT2D eigenvalue weighted by atomic mass is 79.9. The van der Waals surface area contributed by atoms with Crippen molar-refractivity contribution in [1.82, 2.24) is 9.55 Å². The Morgan fingerprint density at radius 2 is 1.93 bits per heavy atom. The number of amides is 1. The van der Waals surface area contributed by atoms with Gasteiger partial charge in [0.1, 0.15) is 17.3 Å². The Kier molecular flexibility index (Phi) is 6.56. The summed E-state index contributed by atoms with van der Waals surface area (Å²) in [6, 6.07) is 8.22. The van der Waals surface area contributed by atoms with Crippen LogP contribution in [0.4, 0.5) is 14.5 Å². The Morgan fingerprint density at radius 1 is 1.23 bits per heavy atom. The van der Waals surface area contributed by atoms with Crippen molar-refractivity contribution in [2.45, 2.75) is 26.0 Å². The summed E-state index contributed by atoms with van der Waals surface area (Å²) in [5, 5.41) is 2.44. The SMILES string of the molecule is CC(OC(=O)CCn1cnc2ccc(Br)cc2c1=O)C(=O)Nc1c(F)cccc1F. The van der Waals surface area contributed by atoms with Crippen LogP contribution in [0.3, 0.4) is 0 Å². The third-order valence-electron chi connectivity index (χ3n) is 4.23. The van der Waals surface area contributed by atoms with Crippen molar-refractivity contribution < 1.29 is 23.1 Å². The van der Waals surface area contributed by atoms with Crippen LogP contribution in [0.2, 0.25) is 0 Å². The Hall–Kier alpha value is -3.14. The number of benzene rings is 2. The lowest BCUT2D eigenvalue weighted by Crippen LogP contribution is -2.31. The van der Waals surface area contributed by atoms with Crippen LogP contribution in [-0.2, 0) is 20.9 Å². The van der Waals surface area contributed by atoms with Crippen molar-refractivity contribution in [2.24, 2.45) is 0 Å². The van der Waals surface area contributed by atoms with Crippen molar-refractivity contribution in [3.63, 3.8) is 0 Å². The fourth-order valence-electron chi connectivity index (χ4n) is 2.65. The predicted molar refractivity (Wildman–Crippen MR) is 109 cm³/mol. The zero-order valence-corrected chi connectivity index (χ0v) is 17.3. The van der Waals surface area contributed by atoms with E-state index in [0.717, 1.165) is 22.7 Å². The number of halogens is 3. The van der Waals surface area contributed by atoms with Gasteiger partial charge in [-0.25, -0.2) is 13.8 Å². The van der Waals surface area contributed by atoms with E-state index in [0.29, 0.717) is 10.9 Å². The quantitative estimate of drug-likeness (QED) is 0.547. The number of hydrogen-bond acceptors (Lipinski definition) is 5. The molecule has 1 amide bonds. The lowest BCUT2D eigenvalue weighted by atomic mass is 10.2. The summed E-state index contributed by atoms with van der Waals surface area (Å²) in [5.74, 6) is -3.54. The summed E-state index contributed by atoms with van der Waals surface area (Å²) in [5.41, 5.74) is -0.423. The van der Waals surface area contributed by atoms with Gasteiger partial charge in [0.25, 0.3) is 11.5 Å². The molecule has 3 aromatic rings. The van der Waals surface area contributed by atoms with E-state index in [4.69, 9.17) is 4.74 Å². The highest BCUT2D eigenvalue weighted by molar-refractivity contribution is 9.10. The number of carbonyl (C=O) groups is 2. The number of fused-ring (bicyclic) bond motifs is 1. The Morgan fingerprint density at radius 3 is 2.63 bits per heavy atom. The first-order chi connectivity index (χ1) is 14.3. The number of nitrogens with zero attached hydrogens (tertiary/aromatic N) is 2. The number of anilines is 1. The Balaban J connectivity index is 1.60. The summed E-state index contributed by atoms with van der Waals surface area (Å²) < 4.78 is 34.2. The van der Waals surface area contributed by atoms with E-state index in [2.05, 4.69) is 26.2 Å². The molecule has 1 aromatic heterocycles. The van der Waals surface area contributed by atoms with E-state index >= 15 is 0 Å². The number of rotatable bonds is 6. The minimum absolute atomic E-state index is 0.0105. The van der Waals surface area contributed by atoms with Crippen molar-refractivity contribution in [3.05, 3.63) is 69.2 Å². The number of ether oxygens (including phenoxy) is 1. The third-order valence-corrected chi connectivity index (χ3v) is 4.72. The van der Waals surface area contributed by atoms with Crippen molar-refractivity contribution in [2.75, 3.05) is 5.32 Å². The summed E-state index contributed by atoms with van der Waals surface area (Å²) in [6.07, 6.45) is -0.172. The molecule has 0 aliphatic carbocycles. The second-order valence-corrected chi connectivity index (χ2v) is 7.29. The van der Waals surface area contributed by atoms with Gasteiger partial charge in [-0.05, 0) is 37.3 Å². The summed E-state index contributed by atoms with van der Waals surface area (Å²) in [6.45, 7) is 1.26. The number of aryl methyl sites for hydroxylation is 1. The van der Waals surface area contributed by atoms with Gasteiger partial charge in [-0.3, -0.25) is 19.0 Å². The Labute approximate surface area is 177 Å². The molecule has 0 fully saturated rings. The molecule has 3 rings (SSSR count). The molecule has 0 aliphatic heterocycles. The van der Waals surface area contributed by atoms with Crippen molar-refractivity contribution in [1.29, 1.82) is 0 Å². The summed E-state index contributed by atoms with van der Waals surface area (Å²) >= 11 is 3.29. The molecule has 10 heteroatoms. The molecule has 0 saturated carbocycles. The summed E-state index contributed by atoms with van der Waals surface area (Å²) in [4.78, 5) is 40.8. The van der Waals surface area contributed by atoms with Gasteiger partial charge in [0, 0.05) is 11.0 Å². The lowest BCUT2D eigenvalue weighted by Gasteiger charge is -2.14. The minimum atomic E-state index is -1.29. The van der Waals surface area contributed by atoms with Gasteiger partial charge in [-0.1, -0.05) is 22.0 Å². The molecule has 0 radical (unpaired) electrons. The van der Waals surface area contributed by atoms with Crippen LogP contribution in [0, 0.1) is 11.6 Å². The molecule has 0 bridgehead atoms. The van der Waals surface area contributed by atoms with Gasteiger partial charge in [-0.2, -0.15) is 0 Å². The second kappa shape index (κ2) is 9.12. The fraction of sp³-hybridized carbons (Fsp3) is 0.200. The van der Waals surface area contributed by atoms with E-state index in [1.54, 1.807) is 18.2 Å². The molecule has 7 nitrogen and oxygen atoms in total. The number of carbonyl (C=O) groups excluding carboxylic acids is 2. The zero-order chi connectivity index (χ0) is 21.8. The van der Waals surface area contributed by atoms with Gasteiger partial charge < -0.3 is 10.1 Å². The zero-order valence-electron chi connectivity index (χ0n) is 15.7. The van der Waals surface area contributed by atoms with Crippen LogP contribution >= 0.6 is 15.9 Å².